The second kappa shape index (κ2) is 70.3. The lowest BCUT2D eigenvalue weighted by Crippen LogP contribution is -2.30. The molecule has 0 spiro atoms. The molecule has 0 aromatic rings. The van der Waals surface area contributed by atoms with Gasteiger partial charge >= 0.3 is 17.9 Å². The van der Waals surface area contributed by atoms with Gasteiger partial charge in [0.2, 0.25) is 0 Å². The Morgan fingerprint density at radius 2 is 0.470 bits per heavy atom. The fourth-order valence-electron chi connectivity index (χ4n) is 9.79. The Hall–Kier alpha value is -4.19. The lowest BCUT2D eigenvalue weighted by Gasteiger charge is -2.18. The summed E-state index contributed by atoms with van der Waals surface area (Å²) in [5.74, 6) is -0.902. The van der Waals surface area contributed by atoms with Crippen molar-refractivity contribution < 1.29 is 28.6 Å². The Labute approximate surface area is 513 Å². The van der Waals surface area contributed by atoms with E-state index in [-0.39, 0.29) is 31.1 Å². The molecule has 0 bridgehead atoms. The smallest absolute Gasteiger partial charge is 0.306 e. The van der Waals surface area contributed by atoms with E-state index in [2.05, 4.69) is 142 Å². The second-order valence-corrected chi connectivity index (χ2v) is 23.0. The second-order valence-electron chi connectivity index (χ2n) is 23.0. The number of carbonyl (C=O) groups is 3. The molecule has 474 valence electrons. The maximum Gasteiger partial charge on any atom is 0.306 e. The standard InChI is InChI=1S/C77H130O6/c1-4-7-10-13-16-19-22-25-28-31-33-34-35-36-37-38-39-40-41-42-44-46-49-52-55-58-61-64-67-70-76(79)82-73-74(72-81-75(78)69-66-63-60-57-54-51-48-45-30-27-24-21-18-15-12-9-6-3)83-77(80)71-68-65-62-59-56-53-50-47-43-32-29-26-23-20-17-14-11-8-5-2/h7,9-10,12,16,18-19,21,25,27-28,30,33-34,36-37,39-40,48,51,74H,4-6,8,11,13-15,17,20,22-24,26,29,31-32,35,38,41-47,49-50,52-73H2,1-3H3/b10-7-,12-9-,19-16-,21-18-,28-25-,30-27-,34-33-,37-36-,40-39-,51-48-. The van der Waals surface area contributed by atoms with E-state index >= 15 is 0 Å². The maximum absolute atomic E-state index is 13.0. The van der Waals surface area contributed by atoms with E-state index in [1.165, 1.54) is 154 Å². The molecule has 6 heteroatoms. The van der Waals surface area contributed by atoms with Crippen molar-refractivity contribution in [2.24, 2.45) is 0 Å². The Bertz CT molecular complexity index is 1700. The van der Waals surface area contributed by atoms with Gasteiger partial charge < -0.3 is 14.2 Å². The van der Waals surface area contributed by atoms with Gasteiger partial charge in [-0.25, -0.2) is 0 Å². The van der Waals surface area contributed by atoms with E-state index in [0.717, 1.165) is 135 Å². The summed E-state index contributed by atoms with van der Waals surface area (Å²) in [6, 6.07) is 0. The molecular weight excluding hydrogens is 1020 g/mol. The Morgan fingerprint density at radius 3 is 0.735 bits per heavy atom. The van der Waals surface area contributed by atoms with Crippen LogP contribution in [0, 0.1) is 0 Å². The summed E-state index contributed by atoms with van der Waals surface area (Å²) in [4.78, 5) is 38.5. The van der Waals surface area contributed by atoms with E-state index in [9.17, 15) is 14.4 Å². The third-order valence-corrected chi connectivity index (χ3v) is 15.0. The molecule has 0 N–H and O–H groups in total. The largest absolute Gasteiger partial charge is 0.462 e. The van der Waals surface area contributed by atoms with Crippen molar-refractivity contribution in [3.8, 4) is 0 Å². The van der Waals surface area contributed by atoms with Crippen LogP contribution in [0.25, 0.3) is 0 Å². The fourth-order valence-corrected chi connectivity index (χ4v) is 9.79. The summed E-state index contributed by atoms with van der Waals surface area (Å²) < 4.78 is 17.0. The Kier molecular flexibility index (Phi) is 66.7. The molecule has 0 saturated heterocycles. The molecule has 0 amide bonds. The molecule has 6 nitrogen and oxygen atoms in total. The van der Waals surface area contributed by atoms with Gasteiger partial charge in [-0.3, -0.25) is 14.4 Å². The maximum atomic E-state index is 13.0. The molecule has 0 saturated carbocycles. The Morgan fingerprint density at radius 1 is 0.253 bits per heavy atom. The van der Waals surface area contributed by atoms with Gasteiger partial charge in [0.15, 0.2) is 6.10 Å². The van der Waals surface area contributed by atoms with Crippen molar-refractivity contribution in [1.82, 2.24) is 0 Å². The van der Waals surface area contributed by atoms with Crippen molar-refractivity contribution >= 4 is 17.9 Å². The van der Waals surface area contributed by atoms with Crippen molar-refractivity contribution in [1.29, 1.82) is 0 Å². The van der Waals surface area contributed by atoms with Gasteiger partial charge in [-0.2, -0.15) is 0 Å². The number of esters is 3. The van der Waals surface area contributed by atoms with Crippen molar-refractivity contribution in [2.75, 3.05) is 13.2 Å². The number of unbranched alkanes of at least 4 members (excludes halogenated alkanes) is 32. The minimum absolute atomic E-state index is 0.0876. The van der Waals surface area contributed by atoms with Crippen molar-refractivity contribution in [3.05, 3.63) is 122 Å². The quantitative estimate of drug-likeness (QED) is 0.0261. The first-order valence-electron chi connectivity index (χ1n) is 35.0. The summed E-state index contributed by atoms with van der Waals surface area (Å²) in [6.07, 6.45) is 97.9. The molecule has 0 aliphatic rings. The molecule has 0 aliphatic carbocycles. The van der Waals surface area contributed by atoms with Gasteiger partial charge in [0, 0.05) is 19.3 Å². The predicted octanol–water partition coefficient (Wildman–Crippen LogP) is 24.3. The van der Waals surface area contributed by atoms with E-state index in [1.54, 1.807) is 0 Å². The lowest BCUT2D eigenvalue weighted by atomic mass is 10.0. The molecule has 1 atom stereocenters. The molecule has 0 aromatic carbocycles. The highest BCUT2D eigenvalue weighted by atomic mass is 16.6. The zero-order valence-electron chi connectivity index (χ0n) is 54.4. The van der Waals surface area contributed by atoms with Crippen molar-refractivity contribution in [2.45, 2.75) is 335 Å². The molecule has 1 unspecified atom stereocenters. The SMILES string of the molecule is CC/C=C\C/C=C\C/C=C\C/C=C\C/C=C\C/C=C\CCCCCCCCCCCCC(=O)OCC(COC(=O)CCCCCC/C=C\C/C=C\C/C=C\C/C=C\CC)OC(=O)CCCCCCCCCCCCCCCCCCCCC. The highest BCUT2D eigenvalue weighted by molar-refractivity contribution is 5.71. The normalized spacial score (nSPS) is 12.9. The molecule has 0 radical (unpaired) electrons. The van der Waals surface area contributed by atoms with Gasteiger partial charge in [0.25, 0.3) is 0 Å². The van der Waals surface area contributed by atoms with Crippen molar-refractivity contribution in [3.63, 3.8) is 0 Å². The molecule has 0 heterocycles. The molecule has 0 fully saturated rings. The van der Waals surface area contributed by atoms with E-state index in [1.807, 2.05) is 0 Å². The third kappa shape index (κ3) is 68.5. The van der Waals surface area contributed by atoms with Gasteiger partial charge in [-0.15, -0.1) is 0 Å². The molecular formula is C77H130O6. The average molecular weight is 1150 g/mol. The van der Waals surface area contributed by atoms with Gasteiger partial charge in [0.05, 0.1) is 0 Å². The van der Waals surface area contributed by atoms with Crippen LogP contribution in [0.2, 0.25) is 0 Å². The minimum atomic E-state index is -0.793. The minimum Gasteiger partial charge on any atom is -0.462 e. The zero-order valence-corrected chi connectivity index (χ0v) is 54.4. The van der Waals surface area contributed by atoms with Crippen LogP contribution in [0.4, 0.5) is 0 Å². The number of carbonyl (C=O) groups excluding carboxylic acids is 3. The van der Waals surface area contributed by atoms with Crippen LogP contribution < -0.4 is 0 Å². The zero-order chi connectivity index (χ0) is 59.9. The summed E-state index contributed by atoms with van der Waals surface area (Å²) in [7, 11) is 0. The van der Waals surface area contributed by atoms with E-state index in [0.29, 0.717) is 19.3 Å². The van der Waals surface area contributed by atoms with Crippen LogP contribution in [0.1, 0.15) is 329 Å². The first-order chi connectivity index (χ1) is 41.0. The van der Waals surface area contributed by atoms with Crippen LogP contribution in [0.5, 0.6) is 0 Å². The Balaban J connectivity index is 4.36. The van der Waals surface area contributed by atoms with Crippen LogP contribution >= 0.6 is 0 Å². The number of rotatable bonds is 63. The third-order valence-electron chi connectivity index (χ3n) is 15.0. The summed E-state index contributed by atoms with van der Waals surface area (Å²) >= 11 is 0. The van der Waals surface area contributed by atoms with Gasteiger partial charge in [-0.1, -0.05) is 322 Å². The fraction of sp³-hybridized carbons (Fsp3) is 0.701. The first kappa shape index (κ1) is 78.8. The predicted molar refractivity (Wildman–Crippen MR) is 362 cm³/mol. The molecule has 0 rings (SSSR count). The summed E-state index contributed by atoms with van der Waals surface area (Å²) in [5.41, 5.74) is 0. The molecule has 0 aromatic heterocycles. The van der Waals surface area contributed by atoms with Crippen LogP contribution in [0.15, 0.2) is 122 Å². The average Bonchev–Trinajstić information content (AvgIpc) is 3.49. The first-order valence-corrected chi connectivity index (χ1v) is 35.0. The molecule has 83 heavy (non-hydrogen) atoms. The highest BCUT2D eigenvalue weighted by Gasteiger charge is 2.19. The van der Waals surface area contributed by atoms with Crippen LogP contribution in [-0.2, 0) is 28.6 Å². The lowest BCUT2D eigenvalue weighted by molar-refractivity contribution is -0.167. The van der Waals surface area contributed by atoms with E-state index < -0.39 is 6.10 Å². The summed E-state index contributed by atoms with van der Waals surface area (Å²) in [6.45, 7) is 6.43. The number of ether oxygens (including phenoxy) is 3. The summed E-state index contributed by atoms with van der Waals surface area (Å²) in [5, 5.41) is 0. The number of hydrogen-bond acceptors (Lipinski definition) is 6. The van der Waals surface area contributed by atoms with Crippen LogP contribution in [0.3, 0.4) is 0 Å². The molecule has 0 aliphatic heterocycles. The topological polar surface area (TPSA) is 78.9 Å². The van der Waals surface area contributed by atoms with Crippen LogP contribution in [-0.4, -0.2) is 37.2 Å². The number of allylic oxidation sites excluding steroid dienone is 20. The number of hydrogen-bond donors (Lipinski definition) is 0. The van der Waals surface area contributed by atoms with E-state index in [4.69, 9.17) is 14.2 Å². The van der Waals surface area contributed by atoms with Gasteiger partial charge in [0.1, 0.15) is 13.2 Å². The highest BCUT2D eigenvalue weighted by Crippen LogP contribution is 2.17. The monoisotopic (exact) mass is 1150 g/mol. The van der Waals surface area contributed by atoms with Gasteiger partial charge in [-0.05, 0) is 109 Å².